The van der Waals surface area contributed by atoms with Crippen LogP contribution in [0.15, 0.2) is 24.3 Å². The fraction of sp³-hybridized carbons (Fsp3) is 0.647. The predicted octanol–water partition coefficient (Wildman–Crippen LogP) is 4.68. The van der Waals surface area contributed by atoms with Crippen LogP contribution < -0.4 is 5.32 Å². The van der Waals surface area contributed by atoms with Gasteiger partial charge in [-0.25, -0.2) is 0 Å². The van der Waals surface area contributed by atoms with E-state index in [9.17, 15) is 0 Å². The van der Waals surface area contributed by atoms with E-state index in [4.69, 9.17) is 4.74 Å². The summed E-state index contributed by atoms with van der Waals surface area (Å²) in [4.78, 5) is 0. The van der Waals surface area contributed by atoms with Gasteiger partial charge in [0, 0.05) is 16.2 Å². The van der Waals surface area contributed by atoms with Crippen molar-refractivity contribution in [2.75, 3.05) is 13.2 Å². The van der Waals surface area contributed by atoms with Gasteiger partial charge in [-0.3, -0.25) is 0 Å². The first-order valence-corrected chi connectivity index (χ1v) is 8.98. The van der Waals surface area contributed by atoms with Crippen LogP contribution in [-0.2, 0) is 4.74 Å². The van der Waals surface area contributed by atoms with Gasteiger partial charge >= 0.3 is 0 Å². The third-order valence-electron chi connectivity index (χ3n) is 3.96. The van der Waals surface area contributed by atoms with E-state index in [0.717, 1.165) is 13.2 Å². The lowest BCUT2D eigenvalue weighted by Crippen LogP contribution is -2.22. The van der Waals surface area contributed by atoms with Crippen LogP contribution in [0, 0.1) is 3.57 Å². The zero-order chi connectivity index (χ0) is 14.2. The van der Waals surface area contributed by atoms with Crippen molar-refractivity contribution in [1.82, 2.24) is 5.32 Å². The molecule has 0 spiro atoms. The summed E-state index contributed by atoms with van der Waals surface area (Å²) < 4.78 is 7.02. The summed E-state index contributed by atoms with van der Waals surface area (Å²) >= 11 is 2.37. The Morgan fingerprint density at radius 3 is 2.80 bits per heavy atom. The van der Waals surface area contributed by atoms with Crippen LogP contribution in [0.25, 0.3) is 0 Å². The van der Waals surface area contributed by atoms with Gasteiger partial charge in [-0.2, -0.15) is 0 Å². The van der Waals surface area contributed by atoms with Gasteiger partial charge in [0.1, 0.15) is 0 Å². The van der Waals surface area contributed by atoms with Crippen molar-refractivity contribution in [3.05, 3.63) is 33.4 Å². The summed E-state index contributed by atoms with van der Waals surface area (Å²) in [6.45, 7) is 4.29. The molecule has 0 aromatic heterocycles. The summed E-state index contributed by atoms with van der Waals surface area (Å²) in [7, 11) is 0. The Morgan fingerprint density at radius 2 is 2.15 bits per heavy atom. The van der Waals surface area contributed by atoms with Crippen molar-refractivity contribution in [3.8, 4) is 0 Å². The Labute approximate surface area is 136 Å². The molecule has 1 aromatic carbocycles. The van der Waals surface area contributed by atoms with Crippen molar-refractivity contribution >= 4 is 22.6 Å². The second-order valence-electron chi connectivity index (χ2n) is 5.62. The first kappa shape index (κ1) is 16.2. The molecule has 0 amide bonds. The molecule has 0 aliphatic carbocycles. The minimum atomic E-state index is 0.494. The maximum atomic E-state index is 5.72. The zero-order valence-electron chi connectivity index (χ0n) is 12.4. The van der Waals surface area contributed by atoms with E-state index in [0.29, 0.717) is 12.1 Å². The Kier molecular flexibility index (Phi) is 7.31. The lowest BCUT2D eigenvalue weighted by atomic mass is 9.99. The first-order chi connectivity index (χ1) is 9.79. The largest absolute Gasteiger partial charge is 0.378 e. The monoisotopic (exact) mass is 387 g/mol. The van der Waals surface area contributed by atoms with Crippen LogP contribution in [0.3, 0.4) is 0 Å². The molecule has 0 saturated carbocycles. The fourth-order valence-electron chi connectivity index (χ4n) is 2.82. The molecular formula is C17H26INO. The Morgan fingerprint density at radius 1 is 1.35 bits per heavy atom. The molecule has 1 aromatic rings. The molecule has 0 radical (unpaired) electrons. The number of halogens is 1. The molecule has 1 N–H and O–H groups in total. The maximum Gasteiger partial charge on any atom is 0.0576 e. The SMILES string of the molecule is CCCNC(CCCC1CCCO1)c1ccc(I)cc1. The predicted molar refractivity (Wildman–Crippen MR) is 93.0 cm³/mol. The van der Waals surface area contributed by atoms with Crippen LogP contribution in [-0.4, -0.2) is 19.3 Å². The molecule has 1 heterocycles. The smallest absolute Gasteiger partial charge is 0.0576 e. The molecule has 3 heteroatoms. The third-order valence-corrected chi connectivity index (χ3v) is 4.68. The molecule has 1 saturated heterocycles. The molecule has 112 valence electrons. The molecule has 1 fully saturated rings. The van der Waals surface area contributed by atoms with Gasteiger partial charge in [-0.15, -0.1) is 0 Å². The number of rotatable bonds is 8. The summed E-state index contributed by atoms with van der Waals surface area (Å²) in [5.74, 6) is 0. The highest BCUT2D eigenvalue weighted by molar-refractivity contribution is 14.1. The highest BCUT2D eigenvalue weighted by Crippen LogP contribution is 2.24. The van der Waals surface area contributed by atoms with Gasteiger partial charge in [-0.05, 0) is 85.4 Å². The highest BCUT2D eigenvalue weighted by atomic mass is 127. The van der Waals surface area contributed by atoms with E-state index in [1.165, 1.54) is 47.7 Å². The highest BCUT2D eigenvalue weighted by Gasteiger charge is 2.16. The standard InChI is InChI=1S/C17H26INO/c1-2-12-19-17(14-8-10-15(18)11-9-14)7-3-5-16-6-4-13-20-16/h8-11,16-17,19H,2-7,12-13H2,1H3. The zero-order valence-corrected chi connectivity index (χ0v) is 14.6. The van der Waals surface area contributed by atoms with Gasteiger partial charge in [0.15, 0.2) is 0 Å². The second-order valence-corrected chi connectivity index (χ2v) is 6.87. The lowest BCUT2D eigenvalue weighted by Gasteiger charge is -2.20. The van der Waals surface area contributed by atoms with E-state index >= 15 is 0 Å². The summed E-state index contributed by atoms with van der Waals surface area (Å²) in [6.07, 6.45) is 7.90. The van der Waals surface area contributed by atoms with E-state index < -0.39 is 0 Å². The Balaban J connectivity index is 1.84. The lowest BCUT2D eigenvalue weighted by molar-refractivity contribution is 0.101. The van der Waals surface area contributed by atoms with Gasteiger partial charge in [-0.1, -0.05) is 19.1 Å². The van der Waals surface area contributed by atoms with E-state index in [2.05, 4.69) is 59.1 Å². The fourth-order valence-corrected chi connectivity index (χ4v) is 3.18. The van der Waals surface area contributed by atoms with Gasteiger partial charge in [0.05, 0.1) is 6.10 Å². The van der Waals surface area contributed by atoms with Crippen LogP contribution >= 0.6 is 22.6 Å². The molecule has 2 atom stereocenters. The summed E-state index contributed by atoms with van der Waals surface area (Å²) in [5.41, 5.74) is 1.42. The molecule has 2 unspecified atom stereocenters. The molecule has 1 aliphatic heterocycles. The normalized spacial score (nSPS) is 20.2. The first-order valence-electron chi connectivity index (χ1n) is 7.90. The van der Waals surface area contributed by atoms with E-state index in [1.54, 1.807) is 0 Å². The average Bonchev–Trinajstić information content (AvgIpc) is 2.97. The van der Waals surface area contributed by atoms with Crippen LogP contribution in [0.1, 0.15) is 57.1 Å². The molecule has 0 bridgehead atoms. The van der Waals surface area contributed by atoms with Crippen LogP contribution in [0.5, 0.6) is 0 Å². The Bertz CT molecular complexity index is 373. The molecular weight excluding hydrogens is 361 g/mol. The van der Waals surface area contributed by atoms with Gasteiger partial charge in [0.25, 0.3) is 0 Å². The quantitative estimate of drug-likeness (QED) is 0.654. The summed E-state index contributed by atoms with van der Waals surface area (Å²) in [6, 6.07) is 9.43. The number of benzene rings is 1. The van der Waals surface area contributed by atoms with Crippen molar-refractivity contribution in [3.63, 3.8) is 0 Å². The Hall–Kier alpha value is -0.130. The topological polar surface area (TPSA) is 21.3 Å². The summed E-state index contributed by atoms with van der Waals surface area (Å²) in [5, 5.41) is 3.69. The number of hydrogen-bond acceptors (Lipinski definition) is 2. The molecule has 2 nitrogen and oxygen atoms in total. The van der Waals surface area contributed by atoms with E-state index in [1.807, 2.05) is 0 Å². The minimum absolute atomic E-state index is 0.494. The minimum Gasteiger partial charge on any atom is -0.378 e. The third kappa shape index (κ3) is 5.34. The van der Waals surface area contributed by atoms with Gasteiger partial charge in [0.2, 0.25) is 0 Å². The maximum absolute atomic E-state index is 5.72. The van der Waals surface area contributed by atoms with Crippen molar-refractivity contribution < 1.29 is 4.74 Å². The van der Waals surface area contributed by atoms with Gasteiger partial charge < -0.3 is 10.1 Å². The average molecular weight is 387 g/mol. The molecule has 1 aliphatic rings. The van der Waals surface area contributed by atoms with Crippen LogP contribution in [0.4, 0.5) is 0 Å². The van der Waals surface area contributed by atoms with Crippen LogP contribution in [0.2, 0.25) is 0 Å². The van der Waals surface area contributed by atoms with Crippen molar-refractivity contribution in [2.45, 2.75) is 57.6 Å². The van der Waals surface area contributed by atoms with Crippen molar-refractivity contribution in [1.29, 1.82) is 0 Å². The second kappa shape index (κ2) is 9.00. The number of hydrogen-bond donors (Lipinski definition) is 1. The number of ether oxygens (including phenoxy) is 1. The van der Waals surface area contributed by atoms with Crippen molar-refractivity contribution in [2.24, 2.45) is 0 Å². The van der Waals surface area contributed by atoms with E-state index in [-0.39, 0.29) is 0 Å². The molecule has 20 heavy (non-hydrogen) atoms. The number of nitrogens with one attached hydrogen (secondary N) is 1. The molecule has 2 rings (SSSR count).